The predicted octanol–water partition coefficient (Wildman–Crippen LogP) is 4.85. The van der Waals surface area contributed by atoms with E-state index in [0.717, 1.165) is 22.5 Å². The van der Waals surface area contributed by atoms with Crippen molar-refractivity contribution in [1.29, 1.82) is 5.26 Å². The molecule has 104 valence electrons. The fraction of sp³-hybridized carbons (Fsp3) is 0.125. The fourth-order valence-corrected chi connectivity index (χ4v) is 2.56. The van der Waals surface area contributed by atoms with E-state index in [1.807, 2.05) is 47.9 Å². The Balaban J connectivity index is 2.34. The molecule has 0 saturated carbocycles. The molecule has 0 aliphatic heterocycles. The lowest BCUT2D eigenvalue weighted by atomic mass is 10.2. The molecule has 1 heterocycles. The highest BCUT2D eigenvalue weighted by molar-refractivity contribution is 6.30. The molecular formula is C16H11Cl2N3. The van der Waals surface area contributed by atoms with E-state index in [0.29, 0.717) is 10.6 Å². The Morgan fingerprint density at radius 2 is 1.90 bits per heavy atom. The number of hydrogen-bond acceptors (Lipinski definition) is 2. The van der Waals surface area contributed by atoms with E-state index in [4.69, 9.17) is 28.5 Å². The molecule has 2 aromatic carbocycles. The van der Waals surface area contributed by atoms with Crippen molar-refractivity contribution in [1.82, 2.24) is 9.55 Å². The lowest BCUT2D eigenvalue weighted by Gasteiger charge is -2.10. The molecule has 1 unspecified atom stereocenters. The molecule has 3 aromatic rings. The minimum Gasteiger partial charge on any atom is -0.295 e. The minimum absolute atomic E-state index is 0.251. The maximum atomic E-state index is 9.09. The third-order valence-corrected chi connectivity index (χ3v) is 3.70. The van der Waals surface area contributed by atoms with Crippen LogP contribution in [0.4, 0.5) is 0 Å². The van der Waals surface area contributed by atoms with E-state index >= 15 is 0 Å². The number of nitrogens with zero attached hydrogens (tertiary/aromatic N) is 3. The summed E-state index contributed by atoms with van der Waals surface area (Å²) in [6.07, 6.45) is 0. The van der Waals surface area contributed by atoms with Gasteiger partial charge in [0, 0.05) is 10.7 Å². The maximum absolute atomic E-state index is 9.09. The van der Waals surface area contributed by atoms with Crippen molar-refractivity contribution in [2.75, 3.05) is 0 Å². The zero-order valence-corrected chi connectivity index (χ0v) is 12.7. The number of imidazole rings is 1. The second kappa shape index (κ2) is 5.40. The van der Waals surface area contributed by atoms with Crippen LogP contribution in [0.5, 0.6) is 0 Å². The molecule has 0 bridgehead atoms. The molecule has 0 aliphatic carbocycles. The first-order valence-corrected chi connectivity index (χ1v) is 7.24. The first-order valence-electron chi connectivity index (χ1n) is 6.42. The smallest absolute Gasteiger partial charge is 0.132 e. The lowest BCUT2D eigenvalue weighted by molar-refractivity contribution is 0.882. The highest BCUT2D eigenvalue weighted by atomic mass is 35.5. The van der Waals surface area contributed by atoms with Crippen LogP contribution >= 0.6 is 23.2 Å². The Labute approximate surface area is 132 Å². The zero-order chi connectivity index (χ0) is 15.0. The monoisotopic (exact) mass is 315 g/mol. The molecule has 0 fully saturated rings. The van der Waals surface area contributed by atoms with Crippen LogP contribution < -0.4 is 0 Å². The average Bonchev–Trinajstić information content (AvgIpc) is 2.86. The van der Waals surface area contributed by atoms with Gasteiger partial charge >= 0.3 is 0 Å². The second-order valence-electron chi connectivity index (χ2n) is 4.71. The fourth-order valence-electron chi connectivity index (χ4n) is 2.29. The first-order chi connectivity index (χ1) is 10.1. The van der Waals surface area contributed by atoms with Gasteiger partial charge in [-0.25, -0.2) is 4.98 Å². The van der Waals surface area contributed by atoms with Gasteiger partial charge in [0.2, 0.25) is 0 Å². The van der Waals surface area contributed by atoms with Crippen LogP contribution in [0.1, 0.15) is 23.7 Å². The number of aromatic nitrogens is 2. The molecule has 3 rings (SSSR count). The molecule has 5 heteroatoms. The Kier molecular flexibility index (Phi) is 3.59. The Morgan fingerprint density at radius 3 is 2.52 bits per heavy atom. The standard InChI is InChI=1S/C16H11Cl2N3/c1-10(17)16-20-14-7-2-11(9-19)8-15(14)21(16)13-5-3-12(18)4-6-13/h2-8,10H,1H3. The van der Waals surface area contributed by atoms with Gasteiger partial charge < -0.3 is 0 Å². The Bertz CT molecular complexity index is 842. The number of fused-ring (bicyclic) bond motifs is 1. The summed E-state index contributed by atoms with van der Waals surface area (Å²) in [7, 11) is 0. The van der Waals surface area contributed by atoms with Crippen LogP contribution in [0.3, 0.4) is 0 Å². The van der Waals surface area contributed by atoms with Crippen molar-refractivity contribution >= 4 is 34.2 Å². The average molecular weight is 316 g/mol. The van der Waals surface area contributed by atoms with E-state index < -0.39 is 0 Å². The molecule has 1 atom stereocenters. The number of halogens is 2. The molecule has 1 aromatic heterocycles. The summed E-state index contributed by atoms with van der Waals surface area (Å²) in [4.78, 5) is 4.58. The summed E-state index contributed by atoms with van der Waals surface area (Å²) < 4.78 is 1.96. The van der Waals surface area contributed by atoms with Gasteiger partial charge in [-0.15, -0.1) is 11.6 Å². The lowest BCUT2D eigenvalue weighted by Crippen LogP contribution is -2.01. The predicted molar refractivity (Wildman–Crippen MR) is 85.1 cm³/mol. The quantitative estimate of drug-likeness (QED) is 0.634. The molecule has 21 heavy (non-hydrogen) atoms. The SMILES string of the molecule is CC(Cl)c1nc2ccc(C#N)cc2n1-c1ccc(Cl)cc1. The summed E-state index contributed by atoms with van der Waals surface area (Å²) in [5, 5.41) is 9.50. The molecule has 0 amide bonds. The van der Waals surface area contributed by atoms with Crippen LogP contribution in [0.25, 0.3) is 16.7 Å². The summed E-state index contributed by atoms with van der Waals surface area (Å²) >= 11 is 12.2. The van der Waals surface area contributed by atoms with Crippen LogP contribution in [0, 0.1) is 11.3 Å². The molecular weight excluding hydrogens is 305 g/mol. The van der Waals surface area contributed by atoms with E-state index in [1.54, 1.807) is 6.07 Å². The van der Waals surface area contributed by atoms with Gasteiger partial charge in [0.1, 0.15) is 5.82 Å². The van der Waals surface area contributed by atoms with E-state index in [2.05, 4.69) is 11.1 Å². The van der Waals surface area contributed by atoms with Crippen molar-refractivity contribution in [3.8, 4) is 11.8 Å². The number of nitriles is 1. The Morgan fingerprint density at radius 1 is 1.19 bits per heavy atom. The van der Waals surface area contributed by atoms with Crippen molar-refractivity contribution in [3.05, 3.63) is 58.9 Å². The van der Waals surface area contributed by atoms with Crippen LogP contribution in [-0.2, 0) is 0 Å². The Hall–Kier alpha value is -2.02. The van der Waals surface area contributed by atoms with Gasteiger partial charge in [-0.2, -0.15) is 5.26 Å². The van der Waals surface area contributed by atoms with Gasteiger partial charge in [-0.1, -0.05) is 11.6 Å². The van der Waals surface area contributed by atoms with Crippen molar-refractivity contribution in [3.63, 3.8) is 0 Å². The third kappa shape index (κ3) is 2.49. The number of rotatable bonds is 2. The van der Waals surface area contributed by atoms with Crippen LogP contribution in [0.2, 0.25) is 5.02 Å². The number of benzene rings is 2. The normalized spacial score (nSPS) is 12.3. The van der Waals surface area contributed by atoms with Crippen molar-refractivity contribution in [2.45, 2.75) is 12.3 Å². The van der Waals surface area contributed by atoms with Gasteiger partial charge in [0.25, 0.3) is 0 Å². The first kappa shape index (κ1) is 13.9. The van der Waals surface area contributed by atoms with Gasteiger partial charge in [0.05, 0.1) is 28.0 Å². The molecule has 0 N–H and O–H groups in total. The highest BCUT2D eigenvalue weighted by Crippen LogP contribution is 2.29. The van der Waals surface area contributed by atoms with Crippen LogP contribution in [-0.4, -0.2) is 9.55 Å². The maximum Gasteiger partial charge on any atom is 0.132 e. The summed E-state index contributed by atoms with van der Waals surface area (Å²) in [6.45, 7) is 1.88. The van der Waals surface area contributed by atoms with E-state index in [-0.39, 0.29) is 5.38 Å². The van der Waals surface area contributed by atoms with Crippen molar-refractivity contribution in [2.24, 2.45) is 0 Å². The second-order valence-corrected chi connectivity index (χ2v) is 5.80. The van der Waals surface area contributed by atoms with E-state index in [1.165, 1.54) is 0 Å². The van der Waals surface area contributed by atoms with Gasteiger partial charge in [0.15, 0.2) is 0 Å². The molecule has 0 aliphatic rings. The van der Waals surface area contributed by atoms with E-state index in [9.17, 15) is 0 Å². The molecule has 3 nitrogen and oxygen atoms in total. The molecule has 0 saturated heterocycles. The summed E-state index contributed by atoms with van der Waals surface area (Å²) in [5.41, 5.74) is 3.18. The molecule has 0 radical (unpaired) electrons. The molecule has 0 spiro atoms. The number of alkyl halides is 1. The zero-order valence-electron chi connectivity index (χ0n) is 11.2. The largest absolute Gasteiger partial charge is 0.295 e. The van der Waals surface area contributed by atoms with Gasteiger partial charge in [-0.05, 0) is 49.4 Å². The summed E-state index contributed by atoms with van der Waals surface area (Å²) in [5.74, 6) is 0.740. The minimum atomic E-state index is -0.251. The van der Waals surface area contributed by atoms with Crippen LogP contribution in [0.15, 0.2) is 42.5 Å². The third-order valence-electron chi connectivity index (χ3n) is 3.25. The summed E-state index contributed by atoms with van der Waals surface area (Å²) in [6, 6.07) is 15.0. The topological polar surface area (TPSA) is 41.6 Å². The number of hydrogen-bond donors (Lipinski definition) is 0. The van der Waals surface area contributed by atoms with Gasteiger partial charge in [-0.3, -0.25) is 4.57 Å². The highest BCUT2D eigenvalue weighted by Gasteiger charge is 2.16. The van der Waals surface area contributed by atoms with Crippen molar-refractivity contribution < 1.29 is 0 Å².